The minimum atomic E-state index is 0.833. The van der Waals surface area contributed by atoms with Gasteiger partial charge in [0.05, 0.1) is 4.88 Å². The molecule has 0 atom stereocenters. The second-order valence-electron chi connectivity index (χ2n) is 2.35. The number of hydrogen-bond donors (Lipinski definition) is 1. The molecule has 11 heavy (non-hydrogen) atoms. The Morgan fingerprint density at radius 3 is 2.73 bits per heavy atom. The number of thiophene rings is 1. The van der Waals surface area contributed by atoms with Crippen molar-refractivity contribution in [2.45, 2.75) is 0 Å². The Kier molecular flexibility index (Phi) is 2.47. The second-order valence-corrected chi connectivity index (χ2v) is 3.29. The van der Waals surface area contributed by atoms with Gasteiger partial charge >= 0.3 is 0 Å². The maximum absolute atomic E-state index is 7.04. The summed E-state index contributed by atoms with van der Waals surface area (Å²) in [4.78, 5) is 2.98. The molecule has 0 aliphatic heterocycles. The predicted molar refractivity (Wildman–Crippen MR) is 49.1 cm³/mol. The fraction of sp³-hybridized carbons (Fsp3) is 0.250. The fourth-order valence-corrected chi connectivity index (χ4v) is 1.61. The first-order valence-corrected chi connectivity index (χ1v) is 4.14. The van der Waals surface area contributed by atoms with Gasteiger partial charge in [-0.15, -0.1) is 11.3 Å². The number of nitrogens with zero attached hydrogens (tertiary/aromatic N) is 1. The van der Waals surface area contributed by atoms with E-state index >= 15 is 0 Å². The monoisotopic (exact) mass is 166 g/mol. The third-order valence-corrected chi connectivity index (χ3v) is 2.20. The molecule has 0 saturated heterocycles. The van der Waals surface area contributed by atoms with Crippen molar-refractivity contribution in [1.82, 2.24) is 4.90 Å². The number of hydrogen-bond acceptors (Lipinski definition) is 3. The average Bonchev–Trinajstić information content (AvgIpc) is 2.40. The van der Waals surface area contributed by atoms with E-state index in [9.17, 15) is 0 Å². The molecule has 0 radical (unpaired) electrons. The van der Waals surface area contributed by atoms with Crippen LogP contribution in [0.15, 0.2) is 17.5 Å². The van der Waals surface area contributed by atoms with Crippen LogP contribution < -0.4 is 0 Å². The highest BCUT2D eigenvalue weighted by molar-refractivity contribution is 7.11. The smallest absolute Gasteiger partial charge is 0.116 e. The van der Waals surface area contributed by atoms with Crippen molar-refractivity contribution in [2.24, 2.45) is 0 Å². The molecule has 0 spiro atoms. The van der Waals surface area contributed by atoms with Crippen molar-refractivity contribution in [2.75, 3.05) is 14.1 Å². The standard InChI is InChI=1S/C8H10N2S/c1-10(2)7(6-9)8-4-3-5-11-8/h3-5,9H,1-2H3. The molecule has 58 valence electrons. The number of rotatable bonds is 2. The summed E-state index contributed by atoms with van der Waals surface area (Å²) >= 11 is 1.62. The molecule has 1 heterocycles. The Balaban J connectivity index is 2.99. The molecular weight excluding hydrogens is 156 g/mol. The molecule has 1 rings (SSSR count). The van der Waals surface area contributed by atoms with Gasteiger partial charge < -0.3 is 4.90 Å². The highest BCUT2D eigenvalue weighted by Crippen LogP contribution is 2.18. The largest absolute Gasteiger partial charge is 0.369 e. The zero-order valence-corrected chi connectivity index (χ0v) is 7.40. The van der Waals surface area contributed by atoms with Crippen LogP contribution in [0.25, 0.3) is 5.70 Å². The van der Waals surface area contributed by atoms with Crippen molar-refractivity contribution >= 4 is 22.9 Å². The van der Waals surface area contributed by atoms with E-state index < -0.39 is 0 Å². The Bertz CT molecular complexity index is 268. The van der Waals surface area contributed by atoms with E-state index in [1.807, 2.05) is 36.5 Å². The van der Waals surface area contributed by atoms with Crippen LogP contribution in [-0.2, 0) is 0 Å². The molecule has 0 saturated carbocycles. The van der Waals surface area contributed by atoms with Gasteiger partial charge in [0, 0.05) is 20.0 Å². The first-order valence-electron chi connectivity index (χ1n) is 3.26. The second kappa shape index (κ2) is 3.37. The lowest BCUT2D eigenvalue weighted by atomic mass is 10.3. The molecule has 1 aromatic heterocycles. The van der Waals surface area contributed by atoms with Gasteiger partial charge in [-0.25, -0.2) is 0 Å². The van der Waals surface area contributed by atoms with E-state index in [0.29, 0.717) is 0 Å². The molecule has 1 N–H and O–H groups in total. The van der Waals surface area contributed by atoms with Gasteiger partial charge in [0.2, 0.25) is 0 Å². The first kappa shape index (κ1) is 8.05. The summed E-state index contributed by atoms with van der Waals surface area (Å²) < 4.78 is 0. The SMILES string of the molecule is CN(C)C(=C=N)c1cccs1. The quantitative estimate of drug-likeness (QED) is 0.667. The zero-order valence-electron chi connectivity index (χ0n) is 6.59. The van der Waals surface area contributed by atoms with E-state index in [1.165, 1.54) is 0 Å². The molecule has 0 aliphatic carbocycles. The minimum Gasteiger partial charge on any atom is -0.369 e. The lowest BCUT2D eigenvalue weighted by Gasteiger charge is -2.11. The Labute approximate surface area is 70.3 Å². The van der Waals surface area contributed by atoms with Crippen LogP contribution in [0, 0.1) is 5.41 Å². The predicted octanol–water partition coefficient (Wildman–Crippen LogP) is 1.90. The Hall–Kier alpha value is -1.05. The van der Waals surface area contributed by atoms with E-state index in [4.69, 9.17) is 5.41 Å². The van der Waals surface area contributed by atoms with Crippen LogP contribution in [0.3, 0.4) is 0 Å². The molecule has 1 aromatic rings. The van der Waals surface area contributed by atoms with Crippen molar-refractivity contribution in [1.29, 1.82) is 5.41 Å². The maximum atomic E-state index is 7.04. The molecule has 3 heteroatoms. The van der Waals surface area contributed by atoms with Crippen LogP contribution >= 0.6 is 11.3 Å². The topological polar surface area (TPSA) is 27.1 Å². The third kappa shape index (κ3) is 1.70. The summed E-state index contributed by atoms with van der Waals surface area (Å²) in [5.74, 6) is 2.41. The van der Waals surface area contributed by atoms with Gasteiger partial charge in [0.1, 0.15) is 5.70 Å². The van der Waals surface area contributed by atoms with Gasteiger partial charge in [-0.3, -0.25) is 5.41 Å². The minimum absolute atomic E-state index is 0.833. The Morgan fingerprint density at radius 1 is 1.64 bits per heavy atom. The van der Waals surface area contributed by atoms with Gasteiger partial charge in [-0.05, 0) is 11.4 Å². The highest BCUT2D eigenvalue weighted by Gasteiger charge is 2.02. The van der Waals surface area contributed by atoms with Gasteiger partial charge in [-0.1, -0.05) is 6.07 Å². The van der Waals surface area contributed by atoms with Gasteiger partial charge in [0.25, 0.3) is 0 Å². The summed E-state index contributed by atoms with van der Waals surface area (Å²) in [6.45, 7) is 0. The summed E-state index contributed by atoms with van der Waals surface area (Å²) in [5.41, 5.74) is 0.833. The highest BCUT2D eigenvalue weighted by atomic mass is 32.1. The van der Waals surface area contributed by atoms with E-state index in [-0.39, 0.29) is 0 Å². The fourth-order valence-electron chi connectivity index (χ4n) is 0.807. The Morgan fingerprint density at radius 2 is 2.36 bits per heavy atom. The van der Waals surface area contributed by atoms with Crippen molar-refractivity contribution in [3.8, 4) is 0 Å². The summed E-state index contributed by atoms with van der Waals surface area (Å²) in [5, 5.41) is 9.04. The lowest BCUT2D eigenvalue weighted by Crippen LogP contribution is -2.09. The molecule has 0 fully saturated rings. The van der Waals surface area contributed by atoms with Crippen molar-refractivity contribution < 1.29 is 0 Å². The van der Waals surface area contributed by atoms with Crippen LogP contribution in [0.5, 0.6) is 0 Å². The molecule has 2 nitrogen and oxygen atoms in total. The molecule has 0 aromatic carbocycles. The van der Waals surface area contributed by atoms with Crippen LogP contribution in [0.1, 0.15) is 4.88 Å². The van der Waals surface area contributed by atoms with Gasteiger partial charge in [-0.2, -0.15) is 0 Å². The zero-order chi connectivity index (χ0) is 8.27. The molecule has 0 amide bonds. The average molecular weight is 166 g/mol. The van der Waals surface area contributed by atoms with Gasteiger partial charge in [0.15, 0.2) is 0 Å². The normalized spacial score (nSPS) is 8.91. The summed E-state index contributed by atoms with van der Waals surface area (Å²) in [6, 6.07) is 3.96. The first-order chi connectivity index (χ1) is 5.25. The summed E-state index contributed by atoms with van der Waals surface area (Å²) in [6.07, 6.45) is 0. The maximum Gasteiger partial charge on any atom is 0.116 e. The molecular formula is C8H10N2S. The molecule has 0 bridgehead atoms. The molecule has 0 aliphatic rings. The van der Waals surface area contributed by atoms with Crippen LogP contribution in [0.4, 0.5) is 0 Å². The van der Waals surface area contributed by atoms with Crippen molar-refractivity contribution in [3.05, 3.63) is 22.4 Å². The van der Waals surface area contributed by atoms with Crippen LogP contribution in [0.2, 0.25) is 0 Å². The van der Waals surface area contributed by atoms with E-state index in [0.717, 1.165) is 10.6 Å². The van der Waals surface area contributed by atoms with E-state index in [1.54, 1.807) is 11.3 Å². The van der Waals surface area contributed by atoms with Crippen LogP contribution in [-0.4, -0.2) is 24.9 Å². The number of nitrogens with one attached hydrogen (secondary N) is 1. The van der Waals surface area contributed by atoms with Crippen molar-refractivity contribution in [3.63, 3.8) is 0 Å². The lowest BCUT2D eigenvalue weighted by molar-refractivity contribution is 0.598. The van der Waals surface area contributed by atoms with E-state index in [2.05, 4.69) is 5.87 Å². The molecule has 0 unspecified atom stereocenters. The third-order valence-electron chi connectivity index (χ3n) is 1.32. The summed E-state index contributed by atoms with van der Waals surface area (Å²) in [7, 11) is 3.83.